The standard InChI is InChI=1S/C12H16ClN5S/c1-3-5-8(9-6-4-7-19-9)15-12-17-10(13)16-11(14-2)18-12/h4,6-8H,3,5H2,1-2H3,(H2,14,15,16,17,18). The van der Waals surface area contributed by atoms with E-state index in [1.54, 1.807) is 18.4 Å². The molecule has 2 N–H and O–H groups in total. The van der Waals surface area contributed by atoms with Crippen LogP contribution in [0.2, 0.25) is 5.28 Å². The second-order valence-electron chi connectivity index (χ2n) is 4.00. The summed E-state index contributed by atoms with van der Waals surface area (Å²) in [6, 6.07) is 4.36. The molecule has 1 atom stereocenters. The second kappa shape index (κ2) is 6.68. The van der Waals surface area contributed by atoms with Gasteiger partial charge in [0.05, 0.1) is 6.04 Å². The van der Waals surface area contributed by atoms with Crippen molar-refractivity contribution in [2.45, 2.75) is 25.8 Å². The third-order valence-corrected chi connectivity index (χ3v) is 3.75. The molecule has 102 valence electrons. The highest BCUT2D eigenvalue weighted by Crippen LogP contribution is 2.26. The van der Waals surface area contributed by atoms with Gasteiger partial charge >= 0.3 is 0 Å². The first kappa shape index (κ1) is 14.0. The Kier molecular flexibility index (Phi) is 4.93. The predicted octanol–water partition coefficient (Wildman–Crippen LogP) is 3.58. The Morgan fingerprint density at radius 1 is 1.32 bits per heavy atom. The Labute approximate surface area is 121 Å². The predicted molar refractivity (Wildman–Crippen MR) is 80.0 cm³/mol. The van der Waals surface area contributed by atoms with E-state index in [1.807, 2.05) is 6.07 Å². The number of thiophene rings is 1. The van der Waals surface area contributed by atoms with Crippen molar-refractivity contribution in [3.63, 3.8) is 0 Å². The topological polar surface area (TPSA) is 62.7 Å². The summed E-state index contributed by atoms with van der Waals surface area (Å²) in [5, 5.41) is 8.44. The maximum atomic E-state index is 5.87. The van der Waals surface area contributed by atoms with E-state index in [0.717, 1.165) is 12.8 Å². The number of hydrogen-bond donors (Lipinski definition) is 2. The molecule has 0 radical (unpaired) electrons. The summed E-state index contributed by atoms with van der Waals surface area (Å²) in [6.45, 7) is 2.15. The Hall–Kier alpha value is -1.40. The van der Waals surface area contributed by atoms with Crippen LogP contribution in [0.4, 0.5) is 11.9 Å². The normalized spacial score (nSPS) is 12.2. The zero-order valence-electron chi connectivity index (χ0n) is 10.9. The number of aromatic nitrogens is 3. The first-order chi connectivity index (χ1) is 9.22. The van der Waals surface area contributed by atoms with E-state index in [9.17, 15) is 0 Å². The molecule has 19 heavy (non-hydrogen) atoms. The van der Waals surface area contributed by atoms with Crippen LogP contribution in [0, 0.1) is 0 Å². The molecule has 0 amide bonds. The van der Waals surface area contributed by atoms with E-state index in [1.165, 1.54) is 4.88 Å². The van der Waals surface area contributed by atoms with Gasteiger partial charge in [-0.15, -0.1) is 11.3 Å². The fraction of sp³-hybridized carbons (Fsp3) is 0.417. The van der Waals surface area contributed by atoms with Crippen molar-refractivity contribution >= 4 is 34.8 Å². The summed E-state index contributed by atoms with van der Waals surface area (Å²) in [5.74, 6) is 0.958. The molecule has 2 aromatic heterocycles. The first-order valence-electron chi connectivity index (χ1n) is 6.12. The average molecular weight is 298 g/mol. The molecule has 1 unspecified atom stereocenters. The Bertz CT molecular complexity index is 517. The Balaban J connectivity index is 2.19. The fourth-order valence-corrected chi connectivity index (χ4v) is 2.72. The number of rotatable bonds is 6. The van der Waals surface area contributed by atoms with E-state index < -0.39 is 0 Å². The van der Waals surface area contributed by atoms with Crippen molar-refractivity contribution in [1.29, 1.82) is 0 Å². The number of anilines is 2. The molecule has 2 rings (SSSR count). The van der Waals surface area contributed by atoms with Gasteiger partial charge in [-0.3, -0.25) is 0 Å². The molecule has 0 aromatic carbocycles. The van der Waals surface area contributed by atoms with Gasteiger partial charge in [-0.25, -0.2) is 0 Å². The molecule has 0 aliphatic heterocycles. The van der Waals surface area contributed by atoms with Gasteiger partial charge < -0.3 is 10.6 Å². The molecule has 0 bridgehead atoms. The van der Waals surface area contributed by atoms with E-state index in [4.69, 9.17) is 11.6 Å². The van der Waals surface area contributed by atoms with Crippen LogP contribution >= 0.6 is 22.9 Å². The molecule has 0 aliphatic carbocycles. The highest BCUT2D eigenvalue weighted by Gasteiger charge is 2.14. The minimum absolute atomic E-state index is 0.184. The summed E-state index contributed by atoms with van der Waals surface area (Å²) < 4.78 is 0. The Morgan fingerprint density at radius 3 is 2.74 bits per heavy atom. The van der Waals surface area contributed by atoms with Crippen LogP contribution in [-0.4, -0.2) is 22.0 Å². The molecule has 2 heterocycles. The lowest BCUT2D eigenvalue weighted by Crippen LogP contribution is -2.13. The molecular weight excluding hydrogens is 282 g/mol. The number of nitrogens with zero attached hydrogens (tertiary/aromatic N) is 3. The monoisotopic (exact) mass is 297 g/mol. The van der Waals surface area contributed by atoms with E-state index in [0.29, 0.717) is 11.9 Å². The van der Waals surface area contributed by atoms with Crippen molar-refractivity contribution < 1.29 is 0 Å². The molecule has 2 aromatic rings. The van der Waals surface area contributed by atoms with Crippen LogP contribution in [0.3, 0.4) is 0 Å². The van der Waals surface area contributed by atoms with Gasteiger partial charge in [-0.1, -0.05) is 19.4 Å². The van der Waals surface area contributed by atoms with E-state index in [2.05, 4.69) is 44.0 Å². The smallest absolute Gasteiger partial charge is 0.229 e. The summed E-state index contributed by atoms with van der Waals surface area (Å²) in [5.41, 5.74) is 0. The van der Waals surface area contributed by atoms with E-state index in [-0.39, 0.29) is 11.3 Å². The molecule has 5 nitrogen and oxygen atoms in total. The third kappa shape index (κ3) is 3.78. The van der Waals surface area contributed by atoms with Gasteiger partial charge in [0.2, 0.25) is 17.2 Å². The highest BCUT2D eigenvalue weighted by atomic mass is 35.5. The number of nitrogens with one attached hydrogen (secondary N) is 2. The zero-order valence-corrected chi connectivity index (χ0v) is 12.4. The minimum Gasteiger partial charge on any atom is -0.357 e. The SMILES string of the molecule is CCCC(Nc1nc(Cl)nc(NC)n1)c1cccs1. The van der Waals surface area contributed by atoms with Crippen LogP contribution in [0.25, 0.3) is 0 Å². The number of hydrogen-bond acceptors (Lipinski definition) is 6. The van der Waals surface area contributed by atoms with Gasteiger partial charge in [0, 0.05) is 11.9 Å². The second-order valence-corrected chi connectivity index (χ2v) is 5.32. The van der Waals surface area contributed by atoms with Crippen LogP contribution in [0.5, 0.6) is 0 Å². The van der Waals surface area contributed by atoms with Crippen LogP contribution < -0.4 is 10.6 Å². The summed E-state index contributed by atoms with van der Waals surface area (Å²) in [4.78, 5) is 13.6. The maximum Gasteiger partial charge on any atom is 0.229 e. The highest BCUT2D eigenvalue weighted by molar-refractivity contribution is 7.10. The maximum absolute atomic E-state index is 5.87. The first-order valence-corrected chi connectivity index (χ1v) is 7.38. The van der Waals surface area contributed by atoms with Crippen molar-refractivity contribution in [2.75, 3.05) is 17.7 Å². The molecule has 0 aliphatic rings. The molecule has 7 heteroatoms. The average Bonchev–Trinajstić information content (AvgIpc) is 2.91. The summed E-state index contributed by atoms with van der Waals surface area (Å²) >= 11 is 7.60. The van der Waals surface area contributed by atoms with Crippen molar-refractivity contribution in [3.8, 4) is 0 Å². The lowest BCUT2D eigenvalue weighted by molar-refractivity contribution is 0.680. The van der Waals surface area contributed by atoms with Gasteiger partial charge in [-0.05, 0) is 29.5 Å². The lowest BCUT2D eigenvalue weighted by Gasteiger charge is -2.16. The van der Waals surface area contributed by atoms with Crippen LogP contribution in [-0.2, 0) is 0 Å². The van der Waals surface area contributed by atoms with Crippen LogP contribution in [0.1, 0.15) is 30.7 Å². The summed E-state index contributed by atoms with van der Waals surface area (Å²) in [6.07, 6.45) is 2.09. The Morgan fingerprint density at radius 2 is 2.11 bits per heavy atom. The van der Waals surface area contributed by atoms with Gasteiger partial charge in [0.1, 0.15) is 0 Å². The minimum atomic E-state index is 0.184. The summed E-state index contributed by atoms with van der Waals surface area (Å²) in [7, 11) is 1.75. The van der Waals surface area contributed by atoms with Crippen molar-refractivity contribution in [2.24, 2.45) is 0 Å². The van der Waals surface area contributed by atoms with Crippen molar-refractivity contribution in [3.05, 3.63) is 27.7 Å². The third-order valence-electron chi connectivity index (χ3n) is 2.60. The van der Waals surface area contributed by atoms with Gasteiger partial charge in [-0.2, -0.15) is 15.0 Å². The fourth-order valence-electron chi connectivity index (χ4n) is 1.75. The van der Waals surface area contributed by atoms with Gasteiger partial charge in [0.15, 0.2) is 0 Å². The zero-order chi connectivity index (χ0) is 13.7. The molecule has 0 spiro atoms. The molecule has 0 saturated carbocycles. The number of halogens is 1. The molecule has 0 fully saturated rings. The largest absolute Gasteiger partial charge is 0.357 e. The van der Waals surface area contributed by atoms with Crippen molar-refractivity contribution in [1.82, 2.24) is 15.0 Å². The molecule has 0 saturated heterocycles. The van der Waals surface area contributed by atoms with Gasteiger partial charge in [0.25, 0.3) is 0 Å². The quantitative estimate of drug-likeness (QED) is 0.853. The van der Waals surface area contributed by atoms with E-state index >= 15 is 0 Å². The van der Waals surface area contributed by atoms with Crippen LogP contribution in [0.15, 0.2) is 17.5 Å². The lowest BCUT2D eigenvalue weighted by atomic mass is 10.1. The molecular formula is C12H16ClN5S.